The van der Waals surface area contributed by atoms with Gasteiger partial charge in [0.2, 0.25) is 0 Å². The number of hydrogen-bond donors (Lipinski definition) is 0. The van der Waals surface area contributed by atoms with Crippen molar-refractivity contribution in [2.75, 3.05) is 13.2 Å². The van der Waals surface area contributed by atoms with Crippen LogP contribution in [0.3, 0.4) is 0 Å². The maximum atomic E-state index is 11.7. The monoisotopic (exact) mass is 267 g/mol. The number of ether oxygens (including phenoxy) is 1. The van der Waals surface area contributed by atoms with E-state index in [9.17, 15) is 4.79 Å². The maximum Gasteiger partial charge on any atom is 0.191 e. The summed E-state index contributed by atoms with van der Waals surface area (Å²) in [6, 6.07) is 7.29. The highest BCUT2D eigenvalue weighted by molar-refractivity contribution is 9.10. The second kappa shape index (κ2) is 4.57. The molecule has 0 N–H and O–H groups in total. The molecule has 1 aromatic carbocycles. The molecule has 0 aromatic heterocycles. The van der Waals surface area contributed by atoms with E-state index < -0.39 is 0 Å². The van der Waals surface area contributed by atoms with E-state index in [-0.39, 0.29) is 12.2 Å². The van der Waals surface area contributed by atoms with Gasteiger partial charge in [-0.2, -0.15) is 0 Å². The average molecular weight is 268 g/mol. The van der Waals surface area contributed by atoms with Crippen molar-refractivity contribution in [1.82, 2.24) is 0 Å². The number of Topliss-reactive ketones (excluding diaryl/α,β-unsaturated/α-hetero) is 1. The highest BCUT2D eigenvalue weighted by Gasteiger charge is 2.13. The zero-order chi connectivity index (χ0) is 10.7. The Morgan fingerprint density at radius 1 is 1.40 bits per heavy atom. The summed E-state index contributed by atoms with van der Waals surface area (Å²) in [7, 11) is 0. The molecule has 2 rings (SSSR count). The molecule has 0 saturated heterocycles. The molecule has 4 heteroatoms. The maximum absolute atomic E-state index is 11.7. The molecule has 0 bridgehead atoms. The fraction of sp³-hybridized carbons (Fsp3) is 0.273. The summed E-state index contributed by atoms with van der Waals surface area (Å²) in [5.41, 5.74) is 0.691. The SMILES string of the molecule is O=C(CC1=NCCO1)c1ccc(Br)cc1. The van der Waals surface area contributed by atoms with E-state index in [0.717, 1.165) is 4.47 Å². The summed E-state index contributed by atoms with van der Waals surface area (Å²) in [6.07, 6.45) is 0.266. The minimum atomic E-state index is 0.0446. The van der Waals surface area contributed by atoms with Crippen LogP contribution in [0.2, 0.25) is 0 Å². The Kier molecular flexibility index (Phi) is 3.16. The minimum Gasteiger partial charge on any atom is -0.479 e. The summed E-state index contributed by atoms with van der Waals surface area (Å²) < 4.78 is 6.15. The van der Waals surface area contributed by atoms with E-state index in [0.29, 0.717) is 24.6 Å². The van der Waals surface area contributed by atoms with Gasteiger partial charge in [0.05, 0.1) is 13.0 Å². The number of hydrogen-bond acceptors (Lipinski definition) is 3. The Labute approximate surface area is 96.3 Å². The third-order valence-corrected chi connectivity index (χ3v) is 2.65. The highest BCUT2D eigenvalue weighted by Crippen LogP contribution is 2.13. The van der Waals surface area contributed by atoms with Crippen LogP contribution in [-0.2, 0) is 4.74 Å². The summed E-state index contributed by atoms with van der Waals surface area (Å²) >= 11 is 3.32. The number of ketones is 1. The molecule has 0 fully saturated rings. The zero-order valence-electron chi connectivity index (χ0n) is 8.07. The molecular weight excluding hydrogens is 258 g/mol. The molecule has 1 aromatic rings. The van der Waals surface area contributed by atoms with Gasteiger partial charge in [0.1, 0.15) is 6.61 Å². The first-order valence-corrected chi connectivity index (χ1v) is 5.50. The van der Waals surface area contributed by atoms with Crippen molar-refractivity contribution in [3.63, 3.8) is 0 Å². The first-order valence-electron chi connectivity index (χ1n) is 4.70. The summed E-state index contributed by atoms with van der Waals surface area (Å²) in [4.78, 5) is 15.8. The van der Waals surface area contributed by atoms with E-state index in [4.69, 9.17) is 4.74 Å². The number of rotatable bonds is 3. The van der Waals surface area contributed by atoms with Gasteiger partial charge in [-0.15, -0.1) is 0 Å². The van der Waals surface area contributed by atoms with Crippen LogP contribution in [0.15, 0.2) is 33.7 Å². The lowest BCUT2D eigenvalue weighted by Crippen LogP contribution is -2.08. The Balaban J connectivity index is 2.04. The molecule has 0 amide bonds. The second-order valence-corrected chi connectivity index (χ2v) is 4.15. The number of nitrogens with zero attached hydrogens (tertiary/aromatic N) is 1. The predicted octanol–water partition coefficient (Wildman–Crippen LogP) is 2.45. The van der Waals surface area contributed by atoms with E-state index in [1.54, 1.807) is 12.1 Å². The fourth-order valence-electron chi connectivity index (χ4n) is 1.36. The molecule has 1 aliphatic rings. The minimum absolute atomic E-state index is 0.0446. The topological polar surface area (TPSA) is 38.7 Å². The Bertz CT molecular complexity index is 398. The molecule has 0 saturated carbocycles. The molecule has 1 aliphatic heterocycles. The average Bonchev–Trinajstić information content (AvgIpc) is 2.71. The van der Waals surface area contributed by atoms with Gasteiger partial charge in [-0.1, -0.05) is 28.1 Å². The van der Waals surface area contributed by atoms with Crippen molar-refractivity contribution in [2.24, 2.45) is 4.99 Å². The van der Waals surface area contributed by atoms with Gasteiger partial charge in [0, 0.05) is 10.0 Å². The molecule has 1 heterocycles. The molecule has 0 radical (unpaired) electrons. The molecule has 0 atom stereocenters. The molecule has 78 valence electrons. The first kappa shape index (κ1) is 10.4. The zero-order valence-corrected chi connectivity index (χ0v) is 9.66. The summed E-state index contributed by atoms with van der Waals surface area (Å²) in [5, 5.41) is 0. The van der Waals surface area contributed by atoms with Crippen LogP contribution in [0, 0.1) is 0 Å². The quantitative estimate of drug-likeness (QED) is 0.790. The third kappa shape index (κ3) is 2.65. The van der Waals surface area contributed by atoms with Gasteiger partial charge in [-0.3, -0.25) is 9.79 Å². The largest absolute Gasteiger partial charge is 0.479 e. The van der Waals surface area contributed by atoms with Crippen LogP contribution < -0.4 is 0 Å². The standard InChI is InChI=1S/C11H10BrNO2/c12-9-3-1-8(2-4-9)10(14)7-11-13-5-6-15-11/h1-4H,5-7H2. The highest BCUT2D eigenvalue weighted by atomic mass is 79.9. The van der Waals surface area contributed by atoms with Gasteiger partial charge in [0.25, 0.3) is 0 Å². The Morgan fingerprint density at radius 2 is 2.13 bits per heavy atom. The Hall–Kier alpha value is -1.16. The van der Waals surface area contributed by atoms with Crippen LogP contribution in [-0.4, -0.2) is 24.8 Å². The molecule has 3 nitrogen and oxygen atoms in total. The van der Waals surface area contributed by atoms with Crippen molar-refractivity contribution in [2.45, 2.75) is 6.42 Å². The lowest BCUT2D eigenvalue weighted by molar-refractivity contribution is 0.0994. The van der Waals surface area contributed by atoms with Gasteiger partial charge in [-0.05, 0) is 12.1 Å². The van der Waals surface area contributed by atoms with Gasteiger partial charge >= 0.3 is 0 Å². The number of aliphatic imine (C=N–C) groups is 1. The van der Waals surface area contributed by atoms with E-state index in [2.05, 4.69) is 20.9 Å². The number of carbonyl (C=O) groups excluding carboxylic acids is 1. The van der Waals surface area contributed by atoms with Crippen LogP contribution in [0.5, 0.6) is 0 Å². The van der Waals surface area contributed by atoms with Crippen molar-refractivity contribution < 1.29 is 9.53 Å². The fourth-order valence-corrected chi connectivity index (χ4v) is 1.63. The van der Waals surface area contributed by atoms with Crippen LogP contribution in [0.4, 0.5) is 0 Å². The lowest BCUT2D eigenvalue weighted by atomic mass is 10.1. The number of halogens is 1. The van der Waals surface area contributed by atoms with Crippen LogP contribution in [0.25, 0.3) is 0 Å². The van der Waals surface area contributed by atoms with E-state index in [1.165, 1.54) is 0 Å². The van der Waals surface area contributed by atoms with Gasteiger partial charge in [0.15, 0.2) is 11.7 Å². The number of benzene rings is 1. The normalized spacial score (nSPS) is 14.6. The van der Waals surface area contributed by atoms with E-state index >= 15 is 0 Å². The lowest BCUT2D eigenvalue weighted by Gasteiger charge is -2.01. The summed E-state index contributed by atoms with van der Waals surface area (Å²) in [5.74, 6) is 0.603. The van der Waals surface area contributed by atoms with Crippen LogP contribution in [0.1, 0.15) is 16.8 Å². The molecule has 0 unspecified atom stereocenters. The van der Waals surface area contributed by atoms with Crippen molar-refractivity contribution in [3.05, 3.63) is 34.3 Å². The predicted molar refractivity (Wildman–Crippen MR) is 61.3 cm³/mol. The van der Waals surface area contributed by atoms with Crippen molar-refractivity contribution in [1.29, 1.82) is 0 Å². The Morgan fingerprint density at radius 3 is 2.73 bits per heavy atom. The summed E-state index contributed by atoms with van der Waals surface area (Å²) in [6.45, 7) is 1.27. The third-order valence-electron chi connectivity index (χ3n) is 2.13. The van der Waals surface area contributed by atoms with Gasteiger partial charge in [-0.25, -0.2) is 0 Å². The molecular formula is C11H10BrNO2. The van der Waals surface area contributed by atoms with Gasteiger partial charge < -0.3 is 4.74 Å². The van der Waals surface area contributed by atoms with Crippen LogP contribution >= 0.6 is 15.9 Å². The smallest absolute Gasteiger partial charge is 0.191 e. The van der Waals surface area contributed by atoms with E-state index in [1.807, 2.05) is 12.1 Å². The molecule has 15 heavy (non-hydrogen) atoms. The van der Waals surface area contributed by atoms with Crippen molar-refractivity contribution >= 4 is 27.6 Å². The first-order chi connectivity index (χ1) is 7.25. The molecule has 0 aliphatic carbocycles. The number of carbonyl (C=O) groups is 1. The molecule has 0 spiro atoms. The van der Waals surface area contributed by atoms with Crippen molar-refractivity contribution in [3.8, 4) is 0 Å². The second-order valence-electron chi connectivity index (χ2n) is 3.23.